The Morgan fingerprint density at radius 1 is 0.912 bits per heavy atom. The Morgan fingerprint density at radius 3 is 1.91 bits per heavy atom. The van der Waals surface area contributed by atoms with Crippen molar-refractivity contribution in [2.45, 2.75) is 6.92 Å². The van der Waals surface area contributed by atoms with Crippen molar-refractivity contribution in [1.29, 1.82) is 0 Å². The molecule has 3 aromatic rings. The van der Waals surface area contributed by atoms with Crippen molar-refractivity contribution < 1.29 is 19.1 Å². The van der Waals surface area contributed by atoms with E-state index < -0.39 is 11.8 Å². The minimum Gasteiger partial charge on any atom is -0.493 e. The second-order valence-corrected chi connectivity index (χ2v) is 8.03. The van der Waals surface area contributed by atoms with E-state index in [2.05, 4.69) is 0 Å². The average molecular weight is 493 g/mol. The van der Waals surface area contributed by atoms with Crippen LogP contribution in [0.3, 0.4) is 0 Å². The molecule has 34 heavy (non-hydrogen) atoms. The summed E-state index contributed by atoms with van der Waals surface area (Å²) in [5.74, 6) is -0.268. The fraction of sp³-hybridized carbons (Fsp3) is 0.115. The zero-order valence-electron chi connectivity index (χ0n) is 18.5. The van der Waals surface area contributed by atoms with E-state index in [1.54, 1.807) is 60.7 Å². The number of thiocarbonyl (C=S) groups is 1. The lowest BCUT2D eigenvalue weighted by molar-refractivity contribution is -0.120. The van der Waals surface area contributed by atoms with Gasteiger partial charge in [-0.3, -0.25) is 19.4 Å². The Balaban J connectivity index is 1.86. The summed E-state index contributed by atoms with van der Waals surface area (Å²) in [6.45, 7) is 2.24. The van der Waals surface area contributed by atoms with Gasteiger partial charge in [0.2, 0.25) is 0 Å². The van der Waals surface area contributed by atoms with Gasteiger partial charge >= 0.3 is 0 Å². The number of carbonyl (C=O) groups excluding carboxylic acids is 2. The van der Waals surface area contributed by atoms with Gasteiger partial charge in [-0.05, 0) is 67.2 Å². The number of rotatable bonds is 6. The van der Waals surface area contributed by atoms with E-state index >= 15 is 0 Å². The summed E-state index contributed by atoms with van der Waals surface area (Å²) in [6, 6.07) is 21.2. The molecule has 0 spiro atoms. The molecule has 0 N–H and O–H groups in total. The zero-order valence-corrected chi connectivity index (χ0v) is 20.1. The Hall–Kier alpha value is -3.68. The Bertz CT molecular complexity index is 1220. The van der Waals surface area contributed by atoms with E-state index in [0.717, 1.165) is 0 Å². The van der Waals surface area contributed by atoms with Crippen LogP contribution >= 0.6 is 23.8 Å². The number of methoxy groups -OCH3 is 1. The van der Waals surface area contributed by atoms with Crippen LogP contribution in [0, 0.1) is 0 Å². The van der Waals surface area contributed by atoms with Crippen LogP contribution in [0.5, 0.6) is 11.5 Å². The minimum atomic E-state index is -0.530. The Labute approximate surface area is 208 Å². The van der Waals surface area contributed by atoms with E-state index in [1.165, 1.54) is 23.0 Å². The highest BCUT2D eigenvalue weighted by Gasteiger charge is 2.41. The first-order valence-corrected chi connectivity index (χ1v) is 11.3. The summed E-state index contributed by atoms with van der Waals surface area (Å²) in [6.07, 6.45) is 1.49. The first kappa shape index (κ1) is 23.5. The summed E-state index contributed by atoms with van der Waals surface area (Å²) < 4.78 is 11.0. The molecule has 0 atom stereocenters. The molecule has 1 saturated heterocycles. The second-order valence-electron chi connectivity index (χ2n) is 7.26. The van der Waals surface area contributed by atoms with Gasteiger partial charge in [0.25, 0.3) is 11.8 Å². The van der Waals surface area contributed by atoms with Gasteiger partial charge in [-0.2, -0.15) is 0 Å². The van der Waals surface area contributed by atoms with Crippen LogP contribution in [-0.2, 0) is 9.59 Å². The summed E-state index contributed by atoms with van der Waals surface area (Å²) >= 11 is 12.0. The van der Waals surface area contributed by atoms with E-state index in [4.69, 9.17) is 33.3 Å². The molecular weight excluding hydrogens is 472 g/mol. The molecule has 0 aromatic heterocycles. The quantitative estimate of drug-likeness (QED) is 0.258. The lowest BCUT2D eigenvalue weighted by Gasteiger charge is -2.36. The molecule has 1 aliphatic rings. The molecule has 172 valence electrons. The van der Waals surface area contributed by atoms with Gasteiger partial charge < -0.3 is 9.47 Å². The van der Waals surface area contributed by atoms with Gasteiger partial charge in [0, 0.05) is 0 Å². The van der Waals surface area contributed by atoms with Crippen molar-refractivity contribution in [3.63, 3.8) is 0 Å². The van der Waals surface area contributed by atoms with Gasteiger partial charge in [0.1, 0.15) is 5.57 Å². The van der Waals surface area contributed by atoms with Crippen molar-refractivity contribution in [3.8, 4) is 11.5 Å². The predicted octanol–water partition coefficient (Wildman–Crippen LogP) is 5.50. The van der Waals surface area contributed by atoms with E-state index in [9.17, 15) is 9.59 Å². The van der Waals surface area contributed by atoms with E-state index in [-0.39, 0.29) is 10.7 Å². The first-order valence-electron chi connectivity index (χ1n) is 10.5. The van der Waals surface area contributed by atoms with Gasteiger partial charge in [0.15, 0.2) is 16.6 Å². The molecule has 1 heterocycles. The van der Waals surface area contributed by atoms with E-state index in [1.807, 2.05) is 19.1 Å². The number of carbonyl (C=O) groups is 2. The van der Waals surface area contributed by atoms with Crippen molar-refractivity contribution in [3.05, 3.63) is 89.0 Å². The lowest BCUT2D eigenvalue weighted by atomic mass is 10.0. The third-order valence-electron chi connectivity index (χ3n) is 5.13. The highest BCUT2D eigenvalue weighted by Crippen LogP contribution is 2.38. The highest BCUT2D eigenvalue weighted by molar-refractivity contribution is 7.81. The van der Waals surface area contributed by atoms with Crippen molar-refractivity contribution in [2.24, 2.45) is 0 Å². The van der Waals surface area contributed by atoms with Crippen LogP contribution in [0.4, 0.5) is 11.4 Å². The number of halogens is 1. The van der Waals surface area contributed by atoms with Gasteiger partial charge in [-0.15, -0.1) is 0 Å². The molecule has 8 heteroatoms. The summed E-state index contributed by atoms with van der Waals surface area (Å²) in [7, 11) is 1.49. The van der Waals surface area contributed by atoms with Crippen LogP contribution in [0.2, 0.25) is 5.02 Å². The molecule has 0 unspecified atom stereocenters. The van der Waals surface area contributed by atoms with Crippen molar-refractivity contribution >= 4 is 58.2 Å². The lowest BCUT2D eigenvalue weighted by Crippen LogP contribution is -2.56. The molecule has 6 nitrogen and oxygen atoms in total. The summed E-state index contributed by atoms with van der Waals surface area (Å²) in [5, 5.41) is 0.381. The topological polar surface area (TPSA) is 59.1 Å². The Kier molecular flexibility index (Phi) is 6.95. The zero-order chi connectivity index (χ0) is 24.2. The van der Waals surface area contributed by atoms with Crippen LogP contribution in [0.25, 0.3) is 6.08 Å². The fourth-order valence-corrected chi connectivity index (χ4v) is 4.26. The fourth-order valence-electron chi connectivity index (χ4n) is 3.61. The molecule has 0 radical (unpaired) electrons. The van der Waals surface area contributed by atoms with E-state index in [0.29, 0.717) is 40.1 Å². The highest BCUT2D eigenvalue weighted by atomic mass is 35.5. The number of amides is 2. The van der Waals surface area contributed by atoms with Gasteiger partial charge in [-0.1, -0.05) is 48.0 Å². The maximum absolute atomic E-state index is 13.6. The molecule has 0 bridgehead atoms. The predicted molar refractivity (Wildman–Crippen MR) is 138 cm³/mol. The molecule has 0 saturated carbocycles. The van der Waals surface area contributed by atoms with Crippen molar-refractivity contribution in [1.82, 2.24) is 0 Å². The first-order chi connectivity index (χ1) is 16.5. The molecule has 4 rings (SSSR count). The third-order valence-corrected chi connectivity index (χ3v) is 5.78. The normalized spacial score (nSPS) is 13.9. The summed E-state index contributed by atoms with van der Waals surface area (Å²) in [5.41, 5.74) is 1.55. The number of hydrogen-bond donors (Lipinski definition) is 0. The van der Waals surface area contributed by atoms with Crippen LogP contribution in [-0.4, -0.2) is 30.6 Å². The average Bonchev–Trinajstić information content (AvgIpc) is 2.84. The SMILES string of the molecule is CCOc1c(Cl)cc(C=C2C(=O)N(c3ccccc3)C(=S)N(c3ccccc3)C2=O)cc1OC. The minimum absolute atomic E-state index is 0.0661. The molecule has 2 amide bonds. The van der Waals surface area contributed by atoms with Crippen molar-refractivity contribution in [2.75, 3.05) is 23.5 Å². The number of hydrogen-bond acceptors (Lipinski definition) is 5. The van der Waals surface area contributed by atoms with Gasteiger partial charge in [-0.25, -0.2) is 0 Å². The number of para-hydroxylation sites is 2. The monoisotopic (exact) mass is 492 g/mol. The maximum Gasteiger partial charge on any atom is 0.270 e. The van der Waals surface area contributed by atoms with Gasteiger partial charge in [0.05, 0.1) is 30.1 Å². The van der Waals surface area contributed by atoms with Crippen LogP contribution in [0.1, 0.15) is 12.5 Å². The largest absolute Gasteiger partial charge is 0.493 e. The standard InChI is InChI=1S/C26H21ClN2O4S/c1-3-33-23-21(27)15-17(16-22(23)32-2)14-20-24(30)28(18-10-6-4-7-11-18)26(34)29(25(20)31)19-12-8-5-9-13-19/h4-16H,3H2,1-2H3. The molecular formula is C26H21ClN2O4S. The third kappa shape index (κ3) is 4.40. The molecule has 1 aliphatic heterocycles. The number of nitrogens with zero attached hydrogens (tertiary/aromatic N) is 2. The summed E-state index contributed by atoms with van der Waals surface area (Å²) in [4.78, 5) is 29.8. The van der Waals surface area contributed by atoms with Crippen LogP contribution < -0.4 is 19.3 Å². The smallest absolute Gasteiger partial charge is 0.270 e. The molecule has 0 aliphatic carbocycles. The molecule has 3 aromatic carbocycles. The van der Waals surface area contributed by atoms with Crippen LogP contribution in [0.15, 0.2) is 78.4 Å². The molecule has 1 fully saturated rings. The Morgan fingerprint density at radius 2 is 1.44 bits per heavy atom. The second kappa shape index (κ2) is 10.1. The number of benzene rings is 3. The number of anilines is 2. The maximum atomic E-state index is 13.6. The number of ether oxygens (including phenoxy) is 2.